The second-order valence-electron chi connectivity index (χ2n) is 2.93. The minimum Gasteiger partial charge on any atom is -0.315 e. The summed E-state index contributed by atoms with van der Waals surface area (Å²) in [7, 11) is 0. The number of ketones is 1. The molecule has 1 spiro atoms. The van der Waals surface area contributed by atoms with Crippen molar-refractivity contribution in [3.05, 3.63) is 0 Å². The van der Waals surface area contributed by atoms with Crippen LogP contribution in [0.25, 0.3) is 0 Å². The summed E-state index contributed by atoms with van der Waals surface area (Å²) in [5.74, 6) is 0.378. The Balaban J connectivity index is 1.94. The van der Waals surface area contributed by atoms with Crippen molar-refractivity contribution in [1.82, 2.24) is 5.31 Å². The van der Waals surface area contributed by atoms with Crippen LogP contribution in [0.3, 0.4) is 0 Å². The molecule has 2 rings (SSSR count). The SMILES string of the molecule is [2H]N1CC2(CC(=O)C2)C1. The molecule has 1 aliphatic heterocycles. The molecule has 2 fully saturated rings. The summed E-state index contributed by atoms with van der Waals surface area (Å²) in [4.78, 5) is 10.5. The van der Waals surface area contributed by atoms with Gasteiger partial charge in [0.25, 0.3) is 0 Å². The molecule has 0 unspecified atom stereocenters. The van der Waals surface area contributed by atoms with Crippen LogP contribution < -0.4 is 5.31 Å². The number of nitrogens with one attached hydrogen (secondary N) is 1. The molecule has 0 atom stereocenters. The van der Waals surface area contributed by atoms with Gasteiger partial charge in [-0.2, -0.15) is 0 Å². The van der Waals surface area contributed by atoms with Gasteiger partial charge >= 0.3 is 0 Å². The highest BCUT2D eigenvalue weighted by atomic mass is 16.1. The predicted molar refractivity (Wildman–Crippen MR) is 29.5 cm³/mol. The maximum absolute atomic E-state index is 10.5. The van der Waals surface area contributed by atoms with E-state index in [9.17, 15) is 4.79 Å². The van der Waals surface area contributed by atoms with Gasteiger partial charge in [-0.25, -0.2) is 0 Å². The van der Waals surface area contributed by atoms with E-state index in [4.69, 9.17) is 1.41 Å². The van der Waals surface area contributed by atoms with E-state index in [1.165, 1.54) is 5.31 Å². The molecule has 1 aliphatic carbocycles. The van der Waals surface area contributed by atoms with Gasteiger partial charge in [0.1, 0.15) is 7.20 Å². The number of carbonyl (C=O) groups excluding carboxylic acids is 1. The van der Waals surface area contributed by atoms with Crippen molar-refractivity contribution in [2.24, 2.45) is 5.41 Å². The lowest BCUT2D eigenvalue weighted by molar-refractivity contribution is -0.135. The molecule has 0 aromatic carbocycles. The van der Waals surface area contributed by atoms with Crippen molar-refractivity contribution in [3.8, 4) is 0 Å². The van der Waals surface area contributed by atoms with Gasteiger partial charge in [0.2, 0.25) is 0 Å². The zero-order valence-electron chi connectivity index (χ0n) is 5.68. The second-order valence-corrected chi connectivity index (χ2v) is 2.93. The first-order valence-corrected chi connectivity index (χ1v) is 2.96. The van der Waals surface area contributed by atoms with Crippen LogP contribution in [-0.2, 0) is 4.79 Å². The average molecular weight is 112 g/mol. The third kappa shape index (κ3) is 0.388. The minimum atomic E-state index is 0.277. The highest BCUT2D eigenvalue weighted by molar-refractivity contribution is 5.86. The van der Waals surface area contributed by atoms with Gasteiger partial charge in [-0.1, -0.05) is 0 Å². The summed E-state index contributed by atoms with van der Waals surface area (Å²) in [6, 6.07) is 0. The maximum Gasteiger partial charge on any atom is 0.134 e. The van der Waals surface area contributed by atoms with E-state index in [1.54, 1.807) is 0 Å². The largest absolute Gasteiger partial charge is 0.315 e. The molecule has 1 N–H and O–H groups in total. The lowest BCUT2D eigenvalue weighted by Gasteiger charge is -2.48. The lowest BCUT2D eigenvalue weighted by atomic mass is 9.64. The Morgan fingerprint density at radius 1 is 1.62 bits per heavy atom. The zero-order valence-corrected chi connectivity index (χ0v) is 4.68. The van der Waals surface area contributed by atoms with Crippen LogP contribution in [0.15, 0.2) is 0 Å². The van der Waals surface area contributed by atoms with Gasteiger partial charge in [-0.15, -0.1) is 0 Å². The highest BCUT2D eigenvalue weighted by Crippen LogP contribution is 2.40. The van der Waals surface area contributed by atoms with E-state index < -0.39 is 0 Å². The predicted octanol–water partition coefficient (Wildman–Crippen LogP) is -0.0611. The highest BCUT2D eigenvalue weighted by Gasteiger charge is 2.47. The van der Waals surface area contributed by atoms with Crippen LogP contribution >= 0.6 is 0 Å². The monoisotopic (exact) mass is 112 g/mol. The Labute approximate surface area is 49.7 Å². The molecule has 0 amide bonds. The molecule has 2 heteroatoms. The summed E-state index contributed by atoms with van der Waals surface area (Å²) in [6.07, 6.45) is 1.48. The minimum absolute atomic E-state index is 0.277. The first-order valence-electron chi connectivity index (χ1n) is 3.41. The Kier molecular flexibility index (Phi) is 0.511. The van der Waals surface area contributed by atoms with Crippen molar-refractivity contribution in [1.29, 1.82) is 0 Å². The smallest absolute Gasteiger partial charge is 0.134 e. The molecule has 44 valence electrons. The van der Waals surface area contributed by atoms with Crippen LogP contribution in [0.4, 0.5) is 0 Å². The summed E-state index contributed by atoms with van der Waals surface area (Å²) in [5.41, 5.74) is 0.277. The number of hydrogen-bond donors (Lipinski definition) is 1. The fraction of sp³-hybridized carbons (Fsp3) is 0.833. The number of rotatable bonds is 0. The summed E-state index contributed by atoms with van der Waals surface area (Å²) in [6.45, 7) is 1.64. The third-order valence-corrected chi connectivity index (χ3v) is 2.04. The van der Waals surface area contributed by atoms with Crippen molar-refractivity contribution in [2.45, 2.75) is 12.8 Å². The molecular formula is C6H9NO. The topological polar surface area (TPSA) is 29.1 Å². The standard InChI is InChI=1S/C6H9NO/c8-5-1-6(2-5)3-7-4-6/h7H,1-4H2/i/hD. The average Bonchev–Trinajstić information content (AvgIpc) is 1.58. The third-order valence-electron chi connectivity index (χ3n) is 2.04. The lowest BCUT2D eigenvalue weighted by Crippen LogP contribution is -2.60. The van der Waals surface area contributed by atoms with E-state index in [0.717, 1.165) is 25.9 Å². The van der Waals surface area contributed by atoms with Crippen molar-refractivity contribution in [3.63, 3.8) is 0 Å². The summed E-state index contributed by atoms with van der Waals surface area (Å²) in [5, 5.41) is 1.52. The van der Waals surface area contributed by atoms with Crippen LogP contribution in [0.1, 0.15) is 12.8 Å². The van der Waals surface area contributed by atoms with Gasteiger partial charge < -0.3 is 5.31 Å². The van der Waals surface area contributed by atoms with Gasteiger partial charge in [-0.05, 0) is 0 Å². The molecule has 8 heavy (non-hydrogen) atoms. The first-order chi connectivity index (χ1) is 4.20. The Morgan fingerprint density at radius 2 is 2.25 bits per heavy atom. The number of Topliss-reactive ketones (excluding diaryl/α,β-unsaturated/α-hetero) is 1. The summed E-state index contributed by atoms with van der Waals surface area (Å²) >= 11 is 0. The molecule has 1 heterocycles. The Hall–Kier alpha value is -0.370. The number of carbonyl (C=O) groups is 1. The fourth-order valence-electron chi connectivity index (χ4n) is 1.44. The Morgan fingerprint density at radius 3 is 2.62 bits per heavy atom. The normalized spacial score (nSPS) is 36.0. The molecule has 2 aliphatic rings. The molecule has 0 aromatic rings. The fourth-order valence-corrected chi connectivity index (χ4v) is 1.44. The molecule has 1 saturated carbocycles. The van der Waals surface area contributed by atoms with Crippen molar-refractivity contribution < 1.29 is 6.21 Å². The molecule has 2 nitrogen and oxygen atoms in total. The molecule has 1 saturated heterocycles. The Bertz CT molecular complexity index is 152. The zero-order chi connectivity index (χ0) is 6.48. The van der Waals surface area contributed by atoms with Gasteiger partial charge in [0.15, 0.2) is 0 Å². The van der Waals surface area contributed by atoms with Gasteiger partial charge in [-0.3, -0.25) is 4.79 Å². The quantitative estimate of drug-likeness (QED) is 0.475. The van der Waals surface area contributed by atoms with Crippen LogP contribution in [0.2, 0.25) is 1.41 Å². The van der Waals surface area contributed by atoms with Crippen molar-refractivity contribution in [2.75, 3.05) is 13.1 Å². The van der Waals surface area contributed by atoms with E-state index in [-0.39, 0.29) is 5.41 Å². The van der Waals surface area contributed by atoms with E-state index in [0.29, 0.717) is 5.78 Å². The van der Waals surface area contributed by atoms with E-state index in [2.05, 4.69) is 0 Å². The molecule has 0 aromatic heterocycles. The van der Waals surface area contributed by atoms with Crippen LogP contribution in [0.5, 0.6) is 0 Å². The van der Waals surface area contributed by atoms with E-state index >= 15 is 0 Å². The van der Waals surface area contributed by atoms with Gasteiger partial charge in [0, 0.05) is 31.3 Å². The van der Waals surface area contributed by atoms with E-state index in [1.807, 2.05) is 0 Å². The second kappa shape index (κ2) is 1.13. The molecule has 0 radical (unpaired) electrons. The van der Waals surface area contributed by atoms with Crippen molar-refractivity contribution >= 4 is 5.78 Å². The van der Waals surface area contributed by atoms with Gasteiger partial charge in [0.05, 0.1) is 0 Å². The van der Waals surface area contributed by atoms with Crippen LogP contribution in [-0.4, -0.2) is 18.9 Å². The molecular weight excluding hydrogens is 102 g/mol. The molecule has 0 bridgehead atoms. The summed E-state index contributed by atoms with van der Waals surface area (Å²) < 4.78 is 7.09. The number of hydrogen-bond acceptors (Lipinski definition) is 2. The first kappa shape index (κ1) is 3.62. The maximum atomic E-state index is 10.5. The van der Waals surface area contributed by atoms with Crippen LogP contribution in [0, 0.1) is 5.41 Å².